The van der Waals surface area contributed by atoms with Crippen LogP contribution in [0.4, 0.5) is 0 Å². The maximum Gasteiger partial charge on any atom is 0.0691 e. The fraction of sp³-hybridized carbons (Fsp3) is 0.571. The van der Waals surface area contributed by atoms with Crippen molar-refractivity contribution in [3.05, 3.63) is 11.9 Å². The van der Waals surface area contributed by atoms with Gasteiger partial charge in [0.2, 0.25) is 0 Å². The van der Waals surface area contributed by atoms with Crippen LogP contribution < -0.4 is 11.1 Å². The molecule has 3 heteroatoms. The van der Waals surface area contributed by atoms with Crippen molar-refractivity contribution in [3.63, 3.8) is 0 Å². The molecule has 0 amide bonds. The second-order valence-electron chi connectivity index (χ2n) is 1.83. The van der Waals surface area contributed by atoms with Gasteiger partial charge < -0.3 is 11.1 Å². The first-order valence-corrected chi connectivity index (χ1v) is 3.45. The van der Waals surface area contributed by atoms with Crippen LogP contribution in [-0.2, 0) is 0 Å². The zero-order valence-electron chi connectivity index (χ0n) is 6.59. The average molecular weight is 141 g/mol. The molecule has 0 radical (unpaired) electrons. The highest BCUT2D eigenvalue weighted by Crippen LogP contribution is 1.88. The number of aliphatic imine (C=N–C) groups is 1. The van der Waals surface area contributed by atoms with Gasteiger partial charge in [0, 0.05) is 19.0 Å². The zero-order chi connectivity index (χ0) is 7.82. The summed E-state index contributed by atoms with van der Waals surface area (Å²) in [7, 11) is 0. The Balaban J connectivity index is 3.62. The highest BCUT2D eigenvalue weighted by atomic mass is 14.9. The summed E-state index contributed by atoms with van der Waals surface area (Å²) in [5.41, 5.74) is 6.16. The molecule has 0 atom stereocenters. The summed E-state index contributed by atoms with van der Waals surface area (Å²) in [6.07, 6.45) is 3.25. The quantitative estimate of drug-likeness (QED) is 0.560. The Hall–Kier alpha value is -0.830. The van der Waals surface area contributed by atoms with E-state index in [-0.39, 0.29) is 0 Å². The van der Waals surface area contributed by atoms with Gasteiger partial charge in [0.1, 0.15) is 0 Å². The lowest BCUT2D eigenvalue weighted by molar-refractivity contribution is 0.770. The topological polar surface area (TPSA) is 50.4 Å². The minimum absolute atomic E-state index is 0.747. The summed E-state index contributed by atoms with van der Waals surface area (Å²) >= 11 is 0. The van der Waals surface area contributed by atoms with Crippen LogP contribution in [0.5, 0.6) is 0 Å². The Kier molecular flexibility index (Phi) is 5.77. The first kappa shape index (κ1) is 9.17. The molecule has 58 valence electrons. The molecular formula is C7H15N3. The normalized spacial score (nSPS) is 12.8. The highest BCUT2D eigenvalue weighted by molar-refractivity contribution is 5.55. The predicted molar refractivity (Wildman–Crippen MR) is 45.0 cm³/mol. The molecule has 0 rings (SSSR count). The van der Waals surface area contributed by atoms with Crippen LogP contribution in [0.2, 0.25) is 0 Å². The van der Waals surface area contributed by atoms with E-state index in [1.807, 2.05) is 13.8 Å². The van der Waals surface area contributed by atoms with Crippen molar-refractivity contribution in [3.8, 4) is 0 Å². The minimum Gasteiger partial charge on any atom is -0.403 e. The number of nitrogens with one attached hydrogen (secondary N) is 1. The van der Waals surface area contributed by atoms with Crippen molar-refractivity contribution < 1.29 is 0 Å². The molecule has 0 aliphatic carbocycles. The van der Waals surface area contributed by atoms with E-state index < -0.39 is 0 Å². The molecule has 0 saturated heterocycles. The van der Waals surface area contributed by atoms with Gasteiger partial charge >= 0.3 is 0 Å². The van der Waals surface area contributed by atoms with Crippen molar-refractivity contribution in [2.75, 3.05) is 13.1 Å². The van der Waals surface area contributed by atoms with Crippen molar-refractivity contribution in [2.24, 2.45) is 10.7 Å². The minimum atomic E-state index is 0.747. The monoisotopic (exact) mass is 141 g/mol. The Morgan fingerprint density at radius 2 is 2.40 bits per heavy atom. The Morgan fingerprint density at radius 1 is 1.70 bits per heavy atom. The molecule has 0 aromatic carbocycles. The molecule has 0 unspecified atom stereocenters. The molecule has 0 aromatic rings. The molecule has 0 saturated carbocycles. The Morgan fingerprint density at radius 3 is 2.80 bits per heavy atom. The summed E-state index contributed by atoms with van der Waals surface area (Å²) in [5, 5.41) is 3.12. The van der Waals surface area contributed by atoms with Crippen molar-refractivity contribution in [2.45, 2.75) is 13.8 Å². The van der Waals surface area contributed by atoms with E-state index in [0.717, 1.165) is 18.8 Å². The van der Waals surface area contributed by atoms with Gasteiger partial charge in [0.25, 0.3) is 0 Å². The lowest BCUT2D eigenvalue weighted by Crippen LogP contribution is -2.16. The molecule has 0 fully saturated rings. The standard InChI is InChI=1S/C7H15N3/c1-3-9-6-7(5-8)10-4-2/h4-5,9H,3,6,8H2,1-2H3/b7-5-,10-4-. The van der Waals surface area contributed by atoms with E-state index in [4.69, 9.17) is 5.73 Å². The van der Waals surface area contributed by atoms with Crippen LogP contribution in [0.3, 0.4) is 0 Å². The molecule has 0 bridgehead atoms. The first-order chi connectivity index (χ1) is 4.85. The maximum absolute atomic E-state index is 5.28. The fourth-order valence-corrected chi connectivity index (χ4v) is 0.566. The van der Waals surface area contributed by atoms with Gasteiger partial charge in [-0.2, -0.15) is 0 Å². The number of nitrogens with two attached hydrogens (primary N) is 1. The summed E-state index contributed by atoms with van der Waals surface area (Å²) < 4.78 is 0. The van der Waals surface area contributed by atoms with Gasteiger partial charge in [-0.05, 0) is 13.5 Å². The second-order valence-corrected chi connectivity index (χ2v) is 1.83. The van der Waals surface area contributed by atoms with Crippen molar-refractivity contribution in [1.82, 2.24) is 5.32 Å². The van der Waals surface area contributed by atoms with E-state index >= 15 is 0 Å². The molecule has 3 N–H and O–H groups in total. The van der Waals surface area contributed by atoms with E-state index in [1.54, 1.807) is 6.21 Å². The van der Waals surface area contributed by atoms with Gasteiger partial charge in [0.05, 0.1) is 5.70 Å². The van der Waals surface area contributed by atoms with Crippen LogP contribution in [-0.4, -0.2) is 19.3 Å². The summed E-state index contributed by atoms with van der Waals surface area (Å²) in [5.74, 6) is 0. The third kappa shape index (κ3) is 4.09. The van der Waals surface area contributed by atoms with Gasteiger partial charge in [-0.3, -0.25) is 4.99 Å². The molecule has 0 spiro atoms. The summed E-state index contributed by atoms with van der Waals surface area (Å²) in [4.78, 5) is 4.03. The van der Waals surface area contributed by atoms with Crippen LogP contribution >= 0.6 is 0 Å². The van der Waals surface area contributed by atoms with Crippen molar-refractivity contribution >= 4 is 6.21 Å². The maximum atomic E-state index is 5.28. The zero-order valence-corrected chi connectivity index (χ0v) is 6.59. The molecule has 0 aliphatic rings. The molecule has 0 aliphatic heterocycles. The number of hydrogen-bond donors (Lipinski definition) is 2. The molecule has 10 heavy (non-hydrogen) atoms. The molecular weight excluding hydrogens is 126 g/mol. The smallest absolute Gasteiger partial charge is 0.0691 e. The van der Waals surface area contributed by atoms with Gasteiger partial charge in [0.15, 0.2) is 0 Å². The molecule has 0 aromatic heterocycles. The SMILES string of the molecule is C/C=N\C(=C/N)CNCC. The van der Waals surface area contributed by atoms with E-state index in [9.17, 15) is 0 Å². The third-order valence-electron chi connectivity index (χ3n) is 1.04. The largest absolute Gasteiger partial charge is 0.403 e. The fourth-order valence-electron chi connectivity index (χ4n) is 0.566. The third-order valence-corrected chi connectivity index (χ3v) is 1.04. The average Bonchev–Trinajstić information content (AvgIpc) is 1.98. The van der Waals surface area contributed by atoms with Gasteiger partial charge in [-0.25, -0.2) is 0 Å². The van der Waals surface area contributed by atoms with Gasteiger partial charge in [-0.15, -0.1) is 0 Å². The first-order valence-electron chi connectivity index (χ1n) is 3.45. The number of hydrogen-bond acceptors (Lipinski definition) is 3. The second kappa shape index (κ2) is 6.29. The van der Waals surface area contributed by atoms with E-state index in [2.05, 4.69) is 10.3 Å². The summed E-state index contributed by atoms with van der Waals surface area (Å²) in [6, 6.07) is 0. The van der Waals surface area contributed by atoms with Crippen LogP contribution in [0, 0.1) is 0 Å². The van der Waals surface area contributed by atoms with Crippen LogP contribution in [0.1, 0.15) is 13.8 Å². The summed E-state index contributed by atoms with van der Waals surface area (Å²) in [6.45, 7) is 5.60. The van der Waals surface area contributed by atoms with Crippen molar-refractivity contribution in [1.29, 1.82) is 0 Å². The number of rotatable bonds is 4. The Labute approximate surface area is 62.0 Å². The van der Waals surface area contributed by atoms with Crippen LogP contribution in [0.15, 0.2) is 16.9 Å². The van der Waals surface area contributed by atoms with Crippen LogP contribution in [0.25, 0.3) is 0 Å². The lowest BCUT2D eigenvalue weighted by atomic mass is 10.4. The molecule has 0 heterocycles. The lowest BCUT2D eigenvalue weighted by Gasteiger charge is -1.99. The Bertz CT molecular complexity index is 127. The number of nitrogens with zero attached hydrogens (tertiary/aromatic N) is 1. The number of likely N-dealkylation sites (N-methyl/N-ethyl adjacent to an activating group) is 1. The van der Waals surface area contributed by atoms with E-state index in [0.29, 0.717) is 0 Å². The van der Waals surface area contributed by atoms with Gasteiger partial charge in [-0.1, -0.05) is 6.92 Å². The highest BCUT2D eigenvalue weighted by Gasteiger charge is 1.87. The predicted octanol–water partition coefficient (Wildman–Crippen LogP) is 0.487. The van der Waals surface area contributed by atoms with E-state index in [1.165, 1.54) is 6.20 Å². The molecule has 3 nitrogen and oxygen atoms in total.